The average molecular weight is 316 g/mol. The van der Waals surface area contributed by atoms with Gasteiger partial charge in [-0.1, -0.05) is 25.4 Å². The topological polar surface area (TPSA) is 76.2 Å². The van der Waals surface area contributed by atoms with E-state index in [-0.39, 0.29) is 16.1 Å². The van der Waals surface area contributed by atoms with Crippen LogP contribution in [0.5, 0.6) is 0 Å². The summed E-state index contributed by atoms with van der Waals surface area (Å²) in [6, 6.07) is 0. The Labute approximate surface area is 131 Å². The van der Waals surface area contributed by atoms with Crippen LogP contribution in [0.1, 0.15) is 26.7 Å². The van der Waals surface area contributed by atoms with E-state index >= 15 is 0 Å². The van der Waals surface area contributed by atoms with Gasteiger partial charge in [-0.15, -0.1) is 0 Å². The molecule has 0 fully saturated rings. The van der Waals surface area contributed by atoms with Gasteiger partial charge in [0.2, 0.25) is 0 Å². The van der Waals surface area contributed by atoms with Crippen LogP contribution in [-0.4, -0.2) is 47.4 Å². The number of hydrogen-bond donors (Lipinski definition) is 2. The minimum absolute atomic E-state index is 0.170. The number of rotatable bonds is 8. The number of nitrogens with one attached hydrogen (secondary N) is 1. The Morgan fingerprint density at radius 2 is 2.05 bits per heavy atom. The van der Waals surface area contributed by atoms with Crippen molar-refractivity contribution in [1.29, 1.82) is 0 Å². The molecular weight excluding hydrogens is 290 g/mol. The molecule has 1 aromatic rings. The first kappa shape index (κ1) is 17.9. The second-order valence-electron chi connectivity index (χ2n) is 5.52. The summed E-state index contributed by atoms with van der Waals surface area (Å²) < 4.78 is 1.38. The minimum atomic E-state index is -0.276. The van der Waals surface area contributed by atoms with Gasteiger partial charge < -0.3 is 16.0 Å². The quantitative estimate of drug-likeness (QED) is 0.758. The molecule has 0 aliphatic heterocycles. The maximum Gasteiger partial charge on any atom is 0.287 e. The molecule has 0 saturated carbocycles. The molecule has 0 aliphatic carbocycles. The van der Waals surface area contributed by atoms with E-state index in [9.17, 15) is 4.79 Å². The van der Waals surface area contributed by atoms with Crippen LogP contribution >= 0.6 is 11.6 Å². The molecular formula is C14H26ClN5O. The van der Waals surface area contributed by atoms with Crippen molar-refractivity contribution in [2.75, 3.05) is 32.5 Å². The Kier molecular flexibility index (Phi) is 6.64. The molecule has 1 aromatic heterocycles. The monoisotopic (exact) mass is 315 g/mol. The summed E-state index contributed by atoms with van der Waals surface area (Å²) in [6.07, 6.45) is 3.30. The molecule has 120 valence electrons. The third-order valence-corrected chi connectivity index (χ3v) is 4.25. The summed E-state index contributed by atoms with van der Waals surface area (Å²) in [5, 5.41) is 7.66. The molecule has 7 heteroatoms. The molecule has 0 aromatic carbocycles. The van der Waals surface area contributed by atoms with Crippen LogP contribution in [0, 0.1) is 0 Å². The Morgan fingerprint density at radius 3 is 2.52 bits per heavy atom. The van der Waals surface area contributed by atoms with Crippen molar-refractivity contribution in [3.05, 3.63) is 21.6 Å². The molecule has 1 rings (SSSR count). The lowest BCUT2D eigenvalue weighted by molar-refractivity contribution is 0.367. The van der Waals surface area contributed by atoms with Crippen LogP contribution in [-0.2, 0) is 6.54 Å². The fourth-order valence-electron chi connectivity index (χ4n) is 2.06. The summed E-state index contributed by atoms with van der Waals surface area (Å²) in [7, 11) is 3.89. The Morgan fingerprint density at radius 1 is 1.43 bits per heavy atom. The smallest absolute Gasteiger partial charge is 0.287 e. The van der Waals surface area contributed by atoms with E-state index in [1.807, 2.05) is 19.0 Å². The average Bonchev–Trinajstić information content (AvgIpc) is 2.48. The molecule has 6 nitrogen and oxygen atoms in total. The van der Waals surface area contributed by atoms with Crippen LogP contribution in [0.25, 0.3) is 0 Å². The van der Waals surface area contributed by atoms with Crippen molar-refractivity contribution in [2.24, 2.45) is 5.73 Å². The van der Waals surface area contributed by atoms with E-state index in [0.717, 1.165) is 19.4 Å². The van der Waals surface area contributed by atoms with Gasteiger partial charge in [-0.2, -0.15) is 5.10 Å². The van der Waals surface area contributed by atoms with E-state index in [0.29, 0.717) is 18.8 Å². The highest BCUT2D eigenvalue weighted by Crippen LogP contribution is 2.24. The van der Waals surface area contributed by atoms with Crippen LogP contribution < -0.4 is 16.6 Å². The van der Waals surface area contributed by atoms with Crippen LogP contribution in [0.4, 0.5) is 5.69 Å². The van der Waals surface area contributed by atoms with E-state index in [1.165, 1.54) is 4.68 Å². The normalized spacial score (nSPS) is 12.0. The Bertz CT molecular complexity index is 502. The second-order valence-corrected chi connectivity index (χ2v) is 5.90. The van der Waals surface area contributed by atoms with Gasteiger partial charge >= 0.3 is 0 Å². The van der Waals surface area contributed by atoms with Crippen molar-refractivity contribution >= 4 is 17.3 Å². The third kappa shape index (κ3) is 4.43. The molecule has 0 spiro atoms. The summed E-state index contributed by atoms with van der Waals surface area (Å²) in [6.45, 7) is 5.83. The number of halogens is 1. The highest BCUT2D eigenvalue weighted by Gasteiger charge is 2.25. The van der Waals surface area contributed by atoms with Gasteiger partial charge in [0, 0.05) is 18.6 Å². The Hall–Kier alpha value is -1.11. The zero-order valence-corrected chi connectivity index (χ0v) is 14.1. The molecule has 0 radical (unpaired) electrons. The highest BCUT2D eigenvalue weighted by molar-refractivity contribution is 6.32. The SMILES string of the molecule is CCC(CC)(CN)Nc1cnn(CCN(C)C)c(=O)c1Cl. The fraction of sp³-hybridized carbons (Fsp3) is 0.714. The molecule has 0 atom stereocenters. The van der Waals surface area contributed by atoms with E-state index in [2.05, 4.69) is 24.3 Å². The van der Waals surface area contributed by atoms with E-state index in [1.54, 1.807) is 6.20 Å². The first-order chi connectivity index (χ1) is 9.89. The number of nitrogens with two attached hydrogens (primary N) is 1. The fourth-order valence-corrected chi connectivity index (χ4v) is 2.25. The van der Waals surface area contributed by atoms with E-state index in [4.69, 9.17) is 17.3 Å². The molecule has 0 unspecified atom stereocenters. The summed E-state index contributed by atoms with van der Waals surface area (Å²) in [4.78, 5) is 14.2. The lowest BCUT2D eigenvalue weighted by Gasteiger charge is -2.32. The van der Waals surface area contributed by atoms with Gasteiger partial charge in [-0.05, 0) is 26.9 Å². The van der Waals surface area contributed by atoms with Crippen molar-refractivity contribution in [1.82, 2.24) is 14.7 Å². The van der Waals surface area contributed by atoms with Crippen molar-refractivity contribution in [3.63, 3.8) is 0 Å². The molecule has 0 amide bonds. The zero-order chi connectivity index (χ0) is 16.0. The van der Waals surface area contributed by atoms with Gasteiger partial charge in [-0.25, -0.2) is 4.68 Å². The number of nitrogens with zero attached hydrogens (tertiary/aromatic N) is 3. The predicted molar refractivity (Wildman–Crippen MR) is 88.1 cm³/mol. The van der Waals surface area contributed by atoms with Gasteiger partial charge in [0.05, 0.1) is 18.4 Å². The maximum absolute atomic E-state index is 12.2. The second kappa shape index (κ2) is 7.77. The number of likely N-dealkylation sites (N-methyl/N-ethyl adjacent to an activating group) is 1. The number of aromatic nitrogens is 2. The summed E-state index contributed by atoms with van der Waals surface area (Å²) in [5.74, 6) is 0. The molecule has 0 aliphatic rings. The lowest BCUT2D eigenvalue weighted by atomic mass is 9.93. The zero-order valence-electron chi connectivity index (χ0n) is 13.3. The largest absolute Gasteiger partial charge is 0.376 e. The van der Waals surface area contributed by atoms with Crippen LogP contribution in [0.15, 0.2) is 11.0 Å². The van der Waals surface area contributed by atoms with Gasteiger partial charge in [0.15, 0.2) is 0 Å². The van der Waals surface area contributed by atoms with Gasteiger partial charge in [0.25, 0.3) is 5.56 Å². The molecule has 0 bridgehead atoms. The van der Waals surface area contributed by atoms with Crippen molar-refractivity contribution in [2.45, 2.75) is 38.8 Å². The first-order valence-corrected chi connectivity index (χ1v) is 7.65. The summed E-state index contributed by atoms with van der Waals surface area (Å²) in [5.41, 5.74) is 5.88. The van der Waals surface area contributed by atoms with E-state index < -0.39 is 0 Å². The van der Waals surface area contributed by atoms with Crippen molar-refractivity contribution < 1.29 is 0 Å². The van der Waals surface area contributed by atoms with Gasteiger partial charge in [0.1, 0.15) is 5.02 Å². The number of hydrogen-bond acceptors (Lipinski definition) is 5. The third-order valence-electron chi connectivity index (χ3n) is 3.89. The van der Waals surface area contributed by atoms with Crippen molar-refractivity contribution in [3.8, 4) is 0 Å². The van der Waals surface area contributed by atoms with Gasteiger partial charge in [-0.3, -0.25) is 4.79 Å². The Balaban J connectivity index is 3.01. The molecule has 0 saturated heterocycles. The molecule has 3 N–H and O–H groups in total. The maximum atomic E-state index is 12.2. The molecule has 21 heavy (non-hydrogen) atoms. The van der Waals surface area contributed by atoms with Crippen LogP contribution in [0.2, 0.25) is 5.02 Å². The predicted octanol–water partition coefficient (Wildman–Crippen LogP) is 1.39. The number of anilines is 1. The van der Waals surface area contributed by atoms with Crippen LogP contribution in [0.3, 0.4) is 0 Å². The minimum Gasteiger partial charge on any atom is -0.376 e. The lowest BCUT2D eigenvalue weighted by Crippen LogP contribution is -2.45. The highest BCUT2D eigenvalue weighted by atomic mass is 35.5. The summed E-state index contributed by atoms with van der Waals surface area (Å²) >= 11 is 6.20. The molecule has 1 heterocycles. The first-order valence-electron chi connectivity index (χ1n) is 7.27. The standard InChI is InChI=1S/C14H26ClN5O/c1-5-14(6-2,10-16)18-11-9-17-20(8-7-19(3)4)13(21)12(11)15/h9,18H,5-8,10,16H2,1-4H3.